The molecule has 4 nitrogen and oxygen atoms in total. The monoisotopic (exact) mass is 207 g/mol. The van der Waals surface area contributed by atoms with Gasteiger partial charge in [0.15, 0.2) is 5.82 Å². The first kappa shape index (κ1) is 10.4. The summed E-state index contributed by atoms with van der Waals surface area (Å²) in [5, 5.41) is 3.21. The van der Waals surface area contributed by atoms with Crippen molar-refractivity contribution in [3.63, 3.8) is 0 Å². The van der Waals surface area contributed by atoms with Crippen LogP contribution in [0.5, 0.6) is 0 Å². The van der Waals surface area contributed by atoms with Crippen molar-refractivity contribution in [3.05, 3.63) is 18.2 Å². The molecule has 1 N–H and O–H groups in total. The Morgan fingerprint density at radius 2 is 2.60 bits per heavy atom. The smallest absolute Gasteiger partial charge is 0.215 e. The molecule has 0 bridgehead atoms. The summed E-state index contributed by atoms with van der Waals surface area (Å²) in [7, 11) is 0. The van der Waals surface area contributed by atoms with Gasteiger partial charge in [-0.05, 0) is 25.8 Å². The summed E-state index contributed by atoms with van der Waals surface area (Å²) in [6.45, 7) is 3.92. The third kappa shape index (κ3) is 2.09. The number of rotatable bonds is 4. The Kier molecular flexibility index (Phi) is 3.16. The van der Waals surface area contributed by atoms with Crippen molar-refractivity contribution >= 4 is 5.78 Å². The first-order valence-electron chi connectivity index (χ1n) is 5.61. The van der Waals surface area contributed by atoms with Gasteiger partial charge in [0, 0.05) is 18.9 Å². The fraction of sp³-hybridized carbons (Fsp3) is 0.636. The molecule has 1 aromatic rings. The number of carbonyl (C=O) groups is 1. The maximum Gasteiger partial charge on any atom is 0.215 e. The van der Waals surface area contributed by atoms with Crippen molar-refractivity contribution in [3.8, 4) is 0 Å². The molecule has 0 radical (unpaired) electrons. The zero-order valence-corrected chi connectivity index (χ0v) is 9.07. The molecule has 1 atom stereocenters. The summed E-state index contributed by atoms with van der Waals surface area (Å²) in [5.74, 6) is 0.752. The zero-order valence-electron chi connectivity index (χ0n) is 9.07. The third-order valence-electron chi connectivity index (χ3n) is 2.78. The maximum absolute atomic E-state index is 12.1. The molecule has 0 aliphatic carbocycles. The lowest BCUT2D eigenvalue weighted by Gasteiger charge is -2.10. The molecule has 1 fully saturated rings. The molecule has 15 heavy (non-hydrogen) atoms. The van der Waals surface area contributed by atoms with Gasteiger partial charge in [0.1, 0.15) is 0 Å². The highest BCUT2D eigenvalue weighted by molar-refractivity contribution is 5.97. The van der Waals surface area contributed by atoms with E-state index in [4.69, 9.17) is 0 Å². The summed E-state index contributed by atoms with van der Waals surface area (Å²) in [6, 6.07) is -0.0111. The van der Waals surface area contributed by atoms with Crippen molar-refractivity contribution in [1.29, 1.82) is 0 Å². The van der Waals surface area contributed by atoms with Gasteiger partial charge in [-0.3, -0.25) is 4.79 Å². The van der Waals surface area contributed by atoms with Gasteiger partial charge in [0.2, 0.25) is 5.78 Å². The van der Waals surface area contributed by atoms with Crippen molar-refractivity contribution in [1.82, 2.24) is 14.9 Å². The molecular weight excluding hydrogens is 190 g/mol. The number of ketones is 1. The molecule has 2 heterocycles. The van der Waals surface area contributed by atoms with E-state index in [2.05, 4.69) is 17.2 Å². The number of aryl methyl sites for hydroxylation is 1. The van der Waals surface area contributed by atoms with Gasteiger partial charge >= 0.3 is 0 Å². The highest BCUT2D eigenvalue weighted by Crippen LogP contribution is 2.11. The van der Waals surface area contributed by atoms with E-state index in [0.29, 0.717) is 5.82 Å². The molecule has 0 spiro atoms. The Bertz CT molecular complexity index is 339. The Labute approximate surface area is 89.7 Å². The minimum atomic E-state index is -0.0111. The number of hydrogen-bond acceptors (Lipinski definition) is 3. The maximum atomic E-state index is 12.1. The minimum Gasteiger partial charge on any atom is -0.328 e. The van der Waals surface area contributed by atoms with E-state index in [9.17, 15) is 4.79 Å². The molecule has 0 aromatic carbocycles. The predicted octanol–water partition coefficient (Wildman–Crippen LogP) is 1.23. The van der Waals surface area contributed by atoms with Crippen LogP contribution in [-0.4, -0.2) is 27.9 Å². The molecule has 0 saturated carbocycles. The standard InChI is InChI=1S/C11H17N3O/c1-2-7-14-8-6-13-11(14)10(15)9-4-3-5-12-9/h6,8-9,12H,2-5,7H2,1H3. The summed E-state index contributed by atoms with van der Waals surface area (Å²) in [6.07, 6.45) is 6.64. The zero-order chi connectivity index (χ0) is 10.7. The Morgan fingerprint density at radius 3 is 3.27 bits per heavy atom. The van der Waals surface area contributed by atoms with Crippen molar-refractivity contribution in [2.45, 2.75) is 38.8 Å². The van der Waals surface area contributed by atoms with Crippen LogP contribution in [0.1, 0.15) is 36.8 Å². The fourth-order valence-corrected chi connectivity index (χ4v) is 2.02. The predicted molar refractivity (Wildman–Crippen MR) is 57.9 cm³/mol. The summed E-state index contributed by atoms with van der Waals surface area (Å²) >= 11 is 0. The lowest BCUT2D eigenvalue weighted by molar-refractivity contribution is 0.0937. The molecule has 82 valence electrons. The Hall–Kier alpha value is -1.16. The van der Waals surface area contributed by atoms with E-state index >= 15 is 0 Å². The molecule has 1 saturated heterocycles. The van der Waals surface area contributed by atoms with Crippen LogP contribution in [0.25, 0.3) is 0 Å². The number of Topliss-reactive ketones (excluding diaryl/α,β-unsaturated/α-hetero) is 1. The van der Waals surface area contributed by atoms with E-state index in [1.807, 2.05) is 10.8 Å². The van der Waals surface area contributed by atoms with Crippen LogP contribution in [0.4, 0.5) is 0 Å². The summed E-state index contributed by atoms with van der Waals surface area (Å²) in [4.78, 5) is 16.2. The van der Waals surface area contributed by atoms with Crippen molar-refractivity contribution in [2.75, 3.05) is 6.54 Å². The number of imidazole rings is 1. The molecule has 1 unspecified atom stereocenters. The lowest BCUT2D eigenvalue weighted by atomic mass is 10.1. The fourth-order valence-electron chi connectivity index (χ4n) is 2.02. The van der Waals surface area contributed by atoms with Gasteiger partial charge in [-0.15, -0.1) is 0 Å². The molecule has 1 aliphatic rings. The van der Waals surface area contributed by atoms with E-state index in [-0.39, 0.29) is 11.8 Å². The lowest BCUT2D eigenvalue weighted by Crippen LogP contribution is -2.32. The molecule has 4 heteroatoms. The normalized spacial score (nSPS) is 20.7. The molecular formula is C11H17N3O. The van der Waals surface area contributed by atoms with Gasteiger partial charge in [-0.1, -0.05) is 6.92 Å². The second-order valence-electron chi connectivity index (χ2n) is 3.96. The van der Waals surface area contributed by atoms with Crippen molar-refractivity contribution in [2.24, 2.45) is 0 Å². The second kappa shape index (κ2) is 4.57. The van der Waals surface area contributed by atoms with Gasteiger partial charge in [0.25, 0.3) is 0 Å². The van der Waals surface area contributed by atoms with E-state index in [1.54, 1.807) is 6.20 Å². The minimum absolute atomic E-state index is 0.0111. The van der Waals surface area contributed by atoms with Crippen LogP contribution in [0.15, 0.2) is 12.4 Å². The average Bonchev–Trinajstić information content (AvgIpc) is 2.87. The van der Waals surface area contributed by atoms with Crippen LogP contribution in [0.2, 0.25) is 0 Å². The number of aromatic nitrogens is 2. The van der Waals surface area contributed by atoms with E-state index in [0.717, 1.165) is 32.4 Å². The average molecular weight is 207 g/mol. The van der Waals surface area contributed by atoms with Crippen LogP contribution in [-0.2, 0) is 6.54 Å². The highest BCUT2D eigenvalue weighted by Gasteiger charge is 2.26. The third-order valence-corrected chi connectivity index (χ3v) is 2.78. The highest BCUT2D eigenvalue weighted by atomic mass is 16.1. The van der Waals surface area contributed by atoms with E-state index < -0.39 is 0 Å². The number of nitrogens with one attached hydrogen (secondary N) is 1. The molecule has 2 rings (SSSR count). The number of hydrogen-bond donors (Lipinski definition) is 1. The summed E-state index contributed by atoms with van der Waals surface area (Å²) in [5.41, 5.74) is 0. The number of carbonyl (C=O) groups excluding carboxylic acids is 1. The Balaban J connectivity index is 2.13. The Morgan fingerprint density at radius 1 is 1.73 bits per heavy atom. The van der Waals surface area contributed by atoms with Crippen LogP contribution >= 0.6 is 0 Å². The van der Waals surface area contributed by atoms with Gasteiger partial charge in [-0.2, -0.15) is 0 Å². The quantitative estimate of drug-likeness (QED) is 0.755. The van der Waals surface area contributed by atoms with Crippen LogP contribution < -0.4 is 5.32 Å². The van der Waals surface area contributed by atoms with Gasteiger partial charge in [0.05, 0.1) is 6.04 Å². The number of nitrogens with zero attached hydrogens (tertiary/aromatic N) is 2. The first-order valence-corrected chi connectivity index (χ1v) is 5.61. The topological polar surface area (TPSA) is 46.9 Å². The van der Waals surface area contributed by atoms with Gasteiger partial charge < -0.3 is 9.88 Å². The van der Waals surface area contributed by atoms with Crippen LogP contribution in [0, 0.1) is 0 Å². The van der Waals surface area contributed by atoms with Crippen LogP contribution in [0.3, 0.4) is 0 Å². The molecule has 0 amide bonds. The molecule has 1 aromatic heterocycles. The van der Waals surface area contributed by atoms with Crippen molar-refractivity contribution < 1.29 is 4.79 Å². The second-order valence-corrected chi connectivity index (χ2v) is 3.96. The summed E-state index contributed by atoms with van der Waals surface area (Å²) < 4.78 is 1.95. The van der Waals surface area contributed by atoms with Gasteiger partial charge in [-0.25, -0.2) is 4.98 Å². The SMILES string of the molecule is CCCn1ccnc1C(=O)C1CCCN1. The van der Waals surface area contributed by atoms with E-state index in [1.165, 1.54) is 0 Å². The first-order chi connectivity index (χ1) is 7.33. The molecule has 1 aliphatic heterocycles. The largest absolute Gasteiger partial charge is 0.328 e.